The average molecular weight is 319 g/mol. The smallest absolute Gasteiger partial charge is 0.130 e. The Morgan fingerprint density at radius 2 is 1.74 bits per heavy atom. The Morgan fingerprint density at radius 1 is 1.00 bits per heavy atom. The number of alkyl halides is 1. The lowest BCUT2D eigenvalue weighted by molar-refractivity contribution is 0.318. The van der Waals surface area contributed by atoms with Gasteiger partial charge in [0, 0.05) is 10.9 Å². The molecule has 0 aliphatic carbocycles. The van der Waals surface area contributed by atoms with Crippen LogP contribution in [-0.4, -0.2) is 11.9 Å². The molecule has 0 unspecified atom stereocenters. The molecule has 0 aliphatic heterocycles. The quantitative estimate of drug-likeness (QED) is 0.548. The third-order valence-electron chi connectivity index (χ3n) is 3.10. The van der Waals surface area contributed by atoms with E-state index in [-0.39, 0.29) is 0 Å². The molecule has 0 atom stereocenters. The summed E-state index contributed by atoms with van der Waals surface area (Å²) in [6, 6.07) is 14.9. The van der Waals surface area contributed by atoms with Gasteiger partial charge in [-0.05, 0) is 31.4 Å². The highest BCUT2D eigenvalue weighted by atomic mass is 79.9. The van der Waals surface area contributed by atoms with E-state index in [9.17, 15) is 0 Å². The number of aryl methyl sites for hydroxylation is 2. The minimum Gasteiger partial charge on any atom is -0.493 e. The first-order chi connectivity index (χ1) is 9.22. The van der Waals surface area contributed by atoms with Crippen LogP contribution in [0, 0.1) is 13.8 Å². The van der Waals surface area contributed by atoms with Gasteiger partial charge in [0.2, 0.25) is 0 Å². The van der Waals surface area contributed by atoms with Crippen molar-refractivity contribution in [1.82, 2.24) is 0 Å². The number of rotatable bonds is 5. The van der Waals surface area contributed by atoms with Crippen LogP contribution in [0.1, 0.15) is 17.5 Å². The van der Waals surface area contributed by atoms with E-state index >= 15 is 0 Å². The van der Waals surface area contributed by atoms with Crippen LogP contribution in [0.2, 0.25) is 0 Å². The fourth-order valence-electron chi connectivity index (χ4n) is 2.03. The van der Waals surface area contributed by atoms with Gasteiger partial charge in [-0.25, -0.2) is 0 Å². The SMILES string of the molecule is Cc1ccc(-c2cccc(C)c2OCCCBr)cc1. The van der Waals surface area contributed by atoms with Crippen molar-refractivity contribution in [3.8, 4) is 16.9 Å². The summed E-state index contributed by atoms with van der Waals surface area (Å²) in [4.78, 5) is 0. The highest BCUT2D eigenvalue weighted by molar-refractivity contribution is 9.09. The van der Waals surface area contributed by atoms with Crippen LogP contribution in [0.25, 0.3) is 11.1 Å². The molecular formula is C17H19BrO. The molecule has 2 rings (SSSR count). The zero-order valence-corrected chi connectivity index (χ0v) is 13.0. The van der Waals surface area contributed by atoms with Crippen LogP contribution >= 0.6 is 15.9 Å². The van der Waals surface area contributed by atoms with E-state index < -0.39 is 0 Å². The second-order valence-electron chi connectivity index (χ2n) is 4.71. The van der Waals surface area contributed by atoms with E-state index in [2.05, 4.69) is 72.2 Å². The molecule has 19 heavy (non-hydrogen) atoms. The van der Waals surface area contributed by atoms with Gasteiger partial charge >= 0.3 is 0 Å². The van der Waals surface area contributed by atoms with Gasteiger partial charge in [-0.15, -0.1) is 0 Å². The van der Waals surface area contributed by atoms with E-state index in [0.717, 1.165) is 24.1 Å². The molecule has 0 aliphatic rings. The Labute approximate surface area is 123 Å². The van der Waals surface area contributed by atoms with Crippen LogP contribution in [0.3, 0.4) is 0 Å². The van der Waals surface area contributed by atoms with Gasteiger partial charge in [-0.3, -0.25) is 0 Å². The van der Waals surface area contributed by atoms with Gasteiger partial charge in [-0.1, -0.05) is 64.0 Å². The number of hydrogen-bond acceptors (Lipinski definition) is 1. The molecule has 2 aromatic carbocycles. The largest absolute Gasteiger partial charge is 0.493 e. The van der Waals surface area contributed by atoms with Crippen LogP contribution in [-0.2, 0) is 0 Å². The minimum atomic E-state index is 0.745. The summed E-state index contributed by atoms with van der Waals surface area (Å²) in [7, 11) is 0. The molecule has 100 valence electrons. The number of para-hydroxylation sites is 1. The van der Waals surface area contributed by atoms with Crippen LogP contribution in [0.15, 0.2) is 42.5 Å². The van der Waals surface area contributed by atoms with Crippen molar-refractivity contribution >= 4 is 15.9 Å². The zero-order valence-electron chi connectivity index (χ0n) is 11.4. The summed E-state index contributed by atoms with van der Waals surface area (Å²) in [5.41, 5.74) is 4.85. The van der Waals surface area contributed by atoms with Crippen molar-refractivity contribution in [3.05, 3.63) is 53.6 Å². The van der Waals surface area contributed by atoms with E-state index in [0.29, 0.717) is 0 Å². The highest BCUT2D eigenvalue weighted by Gasteiger charge is 2.08. The predicted molar refractivity (Wildman–Crippen MR) is 85.3 cm³/mol. The maximum atomic E-state index is 5.96. The van der Waals surface area contributed by atoms with Gasteiger partial charge in [0.25, 0.3) is 0 Å². The van der Waals surface area contributed by atoms with E-state index in [1.54, 1.807) is 0 Å². The number of hydrogen-bond donors (Lipinski definition) is 0. The Kier molecular flexibility index (Phi) is 5.03. The molecule has 0 spiro atoms. The molecule has 0 saturated heterocycles. The first kappa shape index (κ1) is 14.1. The van der Waals surface area contributed by atoms with Crippen molar-refractivity contribution in [2.45, 2.75) is 20.3 Å². The number of ether oxygens (including phenoxy) is 1. The molecular weight excluding hydrogens is 300 g/mol. The van der Waals surface area contributed by atoms with Crippen molar-refractivity contribution in [3.63, 3.8) is 0 Å². The fraction of sp³-hybridized carbons (Fsp3) is 0.294. The van der Waals surface area contributed by atoms with Crippen molar-refractivity contribution in [2.75, 3.05) is 11.9 Å². The lowest BCUT2D eigenvalue weighted by Crippen LogP contribution is -2.01. The maximum absolute atomic E-state index is 5.96. The summed E-state index contributed by atoms with van der Waals surface area (Å²) in [5, 5.41) is 0.971. The first-order valence-electron chi connectivity index (χ1n) is 6.58. The molecule has 0 heterocycles. The molecule has 0 saturated carbocycles. The van der Waals surface area contributed by atoms with Crippen LogP contribution in [0.5, 0.6) is 5.75 Å². The molecule has 0 amide bonds. The summed E-state index contributed by atoms with van der Waals surface area (Å²) < 4.78 is 5.96. The van der Waals surface area contributed by atoms with E-state index in [4.69, 9.17) is 4.74 Å². The van der Waals surface area contributed by atoms with Gasteiger partial charge in [-0.2, -0.15) is 0 Å². The standard InChI is InChI=1S/C17H19BrO/c1-13-7-9-15(10-8-13)16-6-3-5-14(2)17(16)19-12-4-11-18/h3,5-10H,4,11-12H2,1-2H3. The molecule has 2 aromatic rings. The third-order valence-corrected chi connectivity index (χ3v) is 3.66. The third kappa shape index (κ3) is 3.60. The fourth-order valence-corrected chi connectivity index (χ4v) is 2.26. The molecule has 1 nitrogen and oxygen atoms in total. The molecule has 0 fully saturated rings. The second-order valence-corrected chi connectivity index (χ2v) is 5.50. The number of benzene rings is 2. The lowest BCUT2D eigenvalue weighted by Gasteiger charge is -2.14. The monoisotopic (exact) mass is 318 g/mol. The summed E-state index contributed by atoms with van der Waals surface area (Å²) in [5.74, 6) is 1.01. The summed E-state index contributed by atoms with van der Waals surface area (Å²) >= 11 is 3.43. The lowest BCUT2D eigenvalue weighted by atomic mass is 10.0. The zero-order chi connectivity index (χ0) is 13.7. The first-order valence-corrected chi connectivity index (χ1v) is 7.70. The summed E-state index contributed by atoms with van der Waals surface area (Å²) in [6.45, 7) is 4.95. The Bertz CT molecular complexity index is 531. The Balaban J connectivity index is 2.33. The maximum Gasteiger partial charge on any atom is 0.130 e. The van der Waals surface area contributed by atoms with Crippen molar-refractivity contribution in [1.29, 1.82) is 0 Å². The minimum absolute atomic E-state index is 0.745. The van der Waals surface area contributed by atoms with Gasteiger partial charge in [0.15, 0.2) is 0 Å². The topological polar surface area (TPSA) is 9.23 Å². The highest BCUT2D eigenvalue weighted by Crippen LogP contribution is 2.33. The molecule has 0 bridgehead atoms. The van der Waals surface area contributed by atoms with Gasteiger partial charge in [0.1, 0.15) is 5.75 Å². The molecule has 2 heteroatoms. The van der Waals surface area contributed by atoms with Crippen molar-refractivity contribution < 1.29 is 4.74 Å². The van der Waals surface area contributed by atoms with Gasteiger partial charge in [0.05, 0.1) is 6.61 Å². The van der Waals surface area contributed by atoms with E-state index in [1.807, 2.05) is 0 Å². The predicted octanol–water partition coefficient (Wildman–Crippen LogP) is 5.13. The molecule has 0 radical (unpaired) electrons. The number of halogens is 1. The van der Waals surface area contributed by atoms with Crippen LogP contribution in [0.4, 0.5) is 0 Å². The van der Waals surface area contributed by atoms with Gasteiger partial charge < -0.3 is 4.74 Å². The molecule has 0 aromatic heterocycles. The normalized spacial score (nSPS) is 10.5. The van der Waals surface area contributed by atoms with Crippen LogP contribution < -0.4 is 4.74 Å². The van der Waals surface area contributed by atoms with Crippen molar-refractivity contribution in [2.24, 2.45) is 0 Å². The Hall–Kier alpha value is -1.28. The summed E-state index contributed by atoms with van der Waals surface area (Å²) in [6.07, 6.45) is 1.02. The average Bonchev–Trinajstić information content (AvgIpc) is 2.42. The molecule has 0 N–H and O–H groups in total. The van der Waals surface area contributed by atoms with E-state index in [1.165, 1.54) is 22.3 Å². The second kappa shape index (κ2) is 6.76. The Morgan fingerprint density at radius 3 is 2.42 bits per heavy atom.